The van der Waals surface area contributed by atoms with E-state index in [1.807, 2.05) is 0 Å². The van der Waals surface area contributed by atoms with Gasteiger partial charge in [0, 0.05) is 5.69 Å². The van der Waals surface area contributed by atoms with Gasteiger partial charge in [-0.3, -0.25) is 0 Å². The van der Waals surface area contributed by atoms with Crippen LogP contribution in [0.4, 0.5) is 18.9 Å². The van der Waals surface area contributed by atoms with Gasteiger partial charge in [-0.05, 0) is 42.5 Å². The van der Waals surface area contributed by atoms with E-state index >= 15 is 0 Å². The number of nitrogens with two attached hydrogens (primary N) is 1. The zero-order chi connectivity index (χ0) is 13.0. The molecule has 14 heavy (non-hydrogen) atoms. The first-order chi connectivity index (χ1) is 7.75. The lowest BCUT2D eigenvalue weighted by Gasteiger charge is -2.10. The van der Waals surface area contributed by atoms with Crippen molar-refractivity contribution < 1.29 is 17.3 Å². The van der Waals surface area contributed by atoms with E-state index in [-0.39, 0.29) is 17.2 Å². The third kappa shape index (κ3) is 1.69. The molecule has 1 aliphatic carbocycles. The Morgan fingerprint density at radius 2 is 2.00 bits per heavy atom. The van der Waals surface area contributed by atoms with Gasteiger partial charge in [0.25, 0.3) is 0 Å². The molecule has 1 aromatic rings. The van der Waals surface area contributed by atoms with E-state index in [1.165, 1.54) is 0 Å². The second kappa shape index (κ2) is 2.90. The Balaban J connectivity index is 2.75. The molecule has 1 aliphatic rings. The SMILES string of the molecule is [2H]c1c([2H])c(C(F)(F)F)c([2H])c(C2CC2)c1N. The summed E-state index contributed by atoms with van der Waals surface area (Å²) in [5, 5.41) is 0. The van der Waals surface area contributed by atoms with Crippen LogP contribution >= 0.6 is 0 Å². The van der Waals surface area contributed by atoms with Crippen molar-refractivity contribution in [2.45, 2.75) is 24.9 Å². The molecule has 76 valence electrons. The maximum absolute atomic E-state index is 12.7. The maximum Gasteiger partial charge on any atom is 0.416 e. The van der Waals surface area contributed by atoms with E-state index < -0.39 is 29.9 Å². The van der Waals surface area contributed by atoms with Gasteiger partial charge in [0.05, 0.1) is 9.68 Å². The minimum atomic E-state index is -4.79. The molecule has 2 rings (SSSR count). The van der Waals surface area contributed by atoms with E-state index in [1.54, 1.807) is 0 Å². The van der Waals surface area contributed by atoms with Crippen molar-refractivity contribution in [1.82, 2.24) is 0 Å². The van der Waals surface area contributed by atoms with E-state index in [9.17, 15) is 13.2 Å². The molecule has 0 bridgehead atoms. The molecule has 1 saturated carbocycles. The third-order valence-electron chi connectivity index (χ3n) is 2.14. The molecule has 4 heteroatoms. The summed E-state index contributed by atoms with van der Waals surface area (Å²) in [5.74, 6) is -0.159. The molecule has 0 unspecified atom stereocenters. The lowest BCUT2D eigenvalue weighted by Crippen LogP contribution is -2.06. The molecule has 0 heterocycles. The quantitative estimate of drug-likeness (QED) is 0.698. The fraction of sp³-hybridized carbons (Fsp3) is 0.400. The highest BCUT2D eigenvalue weighted by atomic mass is 19.4. The Kier molecular flexibility index (Phi) is 1.31. The van der Waals surface area contributed by atoms with E-state index in [0.717, 1.165) is 0 Å². The lowest BCUT2D eigenvalue weighted by atomic mass is 10.0. The predicted octanol–water partition coefficient (Wildman–Crippen LogP) is 3.17. The maximum atomic E-state index is 12.7. The van der Waals surface area contributed by atoms with Gasteiger partial charge >= 0.3 is 6.18 Å². The topological polar surface area (TPSA) is 26.0 Å². The average Bonchev–Trinajstić information content (AvgIpc) is 2.96. The highest BCUT2D eigenvalue weighted by Gasteiger charge is 2.33. The van der Waals surface area contributed by atoms with Gasteiger partial charge in [-0.25, -0.2) is 0 Å². The molecule has 2 N–H and O–H groups in total. The fourth-order valence-electron chi connectivity index (χ4n) is 1.27. The number of halogens is 3. The van der Waals surface area contributed by atoms with Crippen LogP contribution in [-0.4, -0.2) is 0 Å². The molecule has 0 saturated heterocycles. The molecule has 0 aromatic heterocycles. The number of anilines is 1. The number of hydrogen-bond donors (Lipinski definition) is 1. The van der Waals surface area contributed by atoms with Gasteiger partial charge in [-0.2, -0.15) is 13.2 Å². The van der Waals surface area contributed by atoms with Crippen LogP contribution in [0.3, 0.4) is 0 Å². The zero-order valence-electron chi connectivity index (χ0n) is 10.2. The van der Waals surface area contributed by atoms with Crippen molar-refractivity contribution in [3.8, 4) is 0 Å². The number of benzene rings is 1. The van der Waals surface area contributed by atoms with Crippen LogP contribution < -0.4 is 5.73 Å². The first-order valence-electron chi connectivity index (χ1n) is 5.71. The Bertz CT molecular complexity index is 481. The minimum absolute atomic E-state index is 0.0818. The molecule has 0 radical (unpaired) electrons. The molecule has 0 aliphatic heterocycles. The summed E-state index contributed by atoms with van der Waals surface area (Å²) in [5.41, 5.74) is 4.12. The Morgan fingerprint density at radius 1 is 1.36 bits per heavy atom. The summed E-state index contributed by atoms with van der Waals surface area (Å²) in [6, 6.07) is -2.38. The first kappa shape index (κ1) is 6.32. The average molecular weight is 204 g/mol. The van der Waals surface area contributed by atoms with Crippen LogP contribution in [0.15, 0.2) is 18.1 Å². The van der Waals surface area contributed by atoms with Gasteiger partial charge in [0.2, 0.25) is 0 Å². The second-order valence-electron chi connectivity index (χ2n) is 3.35. The normalized spacial score (nSPS) is 20.1. The monoisotopic (exact) mass is 204 g/mol. The molecular formula is C10H10F3N. The lowest BCUT2D eigenvalue weighted by molar-refractivity contribution is -0.137. The molecule has 1 nitrogen and oxygen atoms in total. The third-order valence-corrected chi connectivity index (χ3v) is 2.14. The summed E-state index contributed by atoms with van der Waals surface area (Å²) in [7, 11) is 0. The van der Waals surface area contributed by atoms with Crippen LogP contribution in [0.25, 0.3) is 0 Å². The van der Waals surface area contributed by atoms with Crippen LogP contribution in [0.1, 0.15) is 34.0 Å². The standard InChI is InChI=1S/C10H10F3N/c11-10(12,13)7-3-4-9(14)8(5-7)6-1-2-6/h3-6H,1-2,14H2/i3D,4D,5D. The summed E-state index contributed by atoms with van der Waals surface area (Å²) in [6.07, 6.45) is -3.42. The van der Waals surface area contributed by atoms with Crippen molar-refractivity contribution >= 4 is 5.69 Å². The van der Waals surface area contributed by atoms with Gasteiger partial charge in [0.15, 0.2) is 0 Å². The first-order valence-corrected chi connectivity index (χ1v) is 4.21. The van der Waals surface area contributed by atoms with Crippen molar-refractivity contribution in [3.05, 3.63) is 29.3 Å². The van der Waals surface area contributed by atoms with Gasteiger partial charge < -0.3 is 5.73 Å². The predicted molar refractivity (Wildman–Crippen MR) is 47.8 cm³/mol. The molecule has 1 aromatic carbocycles. The number of alkyl halides is 3. The van der Waals surface area contributed by atoms with Crippen molar-refractivity contribution in [3.63, 3.8) is 0 Å². The number of rotatable bonds is 1. The summed E-state index contributed by atoms with van der Waals surface area (Å²) in [6.45, 7) is 0. The molecule has 0 atom stereocenters. The smallest absolute Gasteiger partial charge is 0.398 e. The minimum Gasteiger partial charge on any atom is -0.398 e. The molecule has 0 amide bonds. The van der Waals surface area contributed by atoms with Crippen molar-refractivity contribution in [2.75, 3.05) is 5.73 Å². The molecule has 1 fully saturated rings. The number of hydrogen-bond acceptors (Lipinski definition) is 1. The summed E-state index contributed by atoms with van der Waals surface area (Å²) in [4.78, 5) is 0. The van der Waals surface area contributed by atoms with Crippen LogP contribution in [0.2, 0.25) is 0 Å². The van der Waals surface area contributed by atoms with Crippen LogP contribution in [0, 0.1) is 0 Å². The van der Waals surface area contributed by atoms with Crippen LogP contribution in [-0.2, 0) is 6.18 Å². The van der Waals surface area contributed by atoms with E-state index in [4.69, 9.17) is 9.85 Å². The van der Waals surface area contributed by atoms with Crippen LogP contribution in [0.5, 0.6) is 0 Å². The Morgan fingerprint density at radius 3 is 2.50 bits per heavy atom. The fourth-order valence-corrected chi connectivity index (χ4v) is 1.27. The highest BCUT2D eigenvalue weighted by molar-refractivity contribution is 5.52. The molecule has 0 spiro atoms. The zero-order valence-corrected chi connectivity index (χ0v) is 7.20. The van der Waals surface area contributed by atoms with Gasteiger partial charge in [-0.1, -0.05) is 0 Å². The summed E-state index contributed by atoms with van der Waals surface area (Å²) < 4.78 is 60.4. The Labute approximate surface area is 83.9 Å². The van der Waals surface area contributed by atoms with Crippen molar-refractivity contribution in [2.24, 2.45) is 0 Å². The van der Waals surface area contributed by atoms with Gasteiger partial charge in [-0.15, -0.1) is 0 Å². The highest BCUT2D eigenvalue weighted by Crippen LogP contribution is 2.44. The Hall–Kier alpha value is -1.19. The summed E-state index contributed by atoms with van der Waals surface area (Å²) >= 11 is 0. The largest absolute Gasteiger partial charge is 0.416 e. The van der Waals surface area contributed by atoms with Crippen molar-refractivity contribution in [1.29, 1.82) is 0 Å². The van der Waals surface area contributed by atoms with E-state index in [2.05, 4.69) is 0 Å². The number of nitrogen functional groups attached to an aromatic ring is 1. The van der Waals surface area contributed by atoms with Gasteiger partial charge in [0.1, 0.15) is 0 Å². The second-order valence-corrected chi connectivity index (χ2v) is 3.35. The van der Waals surface area contributed by atoms with E-state index in [0.29, 0.717) is 12.8 Å². The molecular weight excluding hydrogens is 191 g/mol.